The third kappa shape index (κ3) is 1.52. The number of rotatable bonds is 1. The molecule has 0 aliphatic heterocycles. The zero-order valence-electron chi connectivity index (χ0n) is 12.4. The van der Waals surface area contributed by atoms with Crippen LogP contribution in [0.4, 0.5) is 0 Å². The third-order valence-electron chi connectivity index (χ3n) is 6.72. The van der Waals surface area contributed by atoms with E-state index in [1.54, 1.807) is 11.1 Å². The van der Waals surface area contributed by atoms with Gasteiger partial charge in [-0.3, -0.25) is 4.79 Å². The largest absolute Gasteiger partial charge is 0.299 e. The summed E-state index contributed by atoms with van der Waals surface area (Å²) >= 11 is 0. The molecule has 0 saturated heterocycles. The Labute approximate surface area is 121 Å². The Kier molecular flexibility index (Phi) is 2.80. The van der Waals surface area contributed by atoms with E-state index in [0.29, 0.717) is 11.7 Å². The van der Waals surface area contributed by atoms with Gasteiger partial charge in [-0.2, -0.15) is 0 Å². The van der Waals surface area contributed by atoms with E-state index in [1.807, 2.05) is 0 Å². The van der Waals surface area contributed by atoms with E-state index in [1.165, 1.54) is 19.3 Å². The SMILES string of the molecule is CC[C@]12CC[C@@H]3c4ccccc4CC[C@H]3[C@@H]1CCC2=O. The molecule has 0 radical (unpaired) electrons. The zero-order valence-corrected chi connectivity index (χ0v) is 12.4. The average Bonchev–Trinajstić information content (AvgIpc) is 2.85. The van der Waals surface area contributed by atoms with Crippen LogP contribution in [0.1, 0.15) is 62.5 Å². The molecule has 20 heavy (non-hydrogen) atoms. The lowest BCUT2D eigenvalue weighted by molar-refractivity contribution is -0.131. The number of hydrogen-bond donors (Lipinski definition) is 0. The second-order valence-electron chi connectivity index (χ2n) is 7.12. The molecule has 3 aliphatic carbocycles. The van der Waals surface area contributed by atoms with Gasteiger partial charge in [0, 0.05) is 11.8 Å². The van der Waals surface area contributed by atoms with Crippen molar-refractivity contribution in [3.63, 3.8) is 0 Å². The topological polar surface area (TPSA) is 17.1 Å². The maximum Gasteiger partial charge on any atom is 0.139 e. The van der Waals surface area contributed by atoms with Crippen molar-refractivity contribution < 1.29 is 4.79 Å². The third-order valence-corrected chi connectivity index (χ3v) is 6.72. The maximum atomic E-state index is 12.5. The monoisotopic (exact) mass is 268 g/mol. The molecule has 106 valence electrons. The maximum absolute atomic E-state index is 12.5. The predicted molar refractivity (Wildman–Crippen MR) is 80.7 cm³/mol. The lowest BCUT2D eigenvalue weighted by atomic mass is 9.54. The second kappa shape index (κ2) is 4.44. The quantitative estimate of drug-likeness (QED) is 0.733. The molecular formula is C19H24O. The molecule has 2 fully saturated rings. The highest BCUT2D eigenvalue weighted by Gasteiger charge is 2.55. The van der Waals surface area contributed by atoms with E-state index < -0.39 is 0 Å². The molecule has 0 aromatic heterocycles. The fraction of sp³-hybridized carbons (Fsp3) is 0.632. The van der Waals surface area contributed by atoms with Crippen LogP contribution >= 0.6 is 0 Å². The summed E-state index contributed by atoms with van der Waals surface area (Å²) in [7, 11) is 0. The van der Waals surface area contributed by atoms with E-state index >= 15 is 0 Å². The lowest BCUT2D eigenvalue weighted by Crippen LogP contribution is -2.43. The summed E-state index contributed by atoms with van der Waals surface area (Å²) in [5.74, 6) is 2.76. The molecule has 0 heterocycles. The first-order chi connectivity index (χ1) is 9.76. The Morgan fingerprint density at radius 3 is 2.85 bits per heavy atom. The van der Waals surface area contributed by atoms with Crippen LogP contribution in [0.15, 0.2) is 24.3 Å². The van der Waals surface area contributed by atoms with Crippen LogP contribution in [0.3, 0.4) is 0 Å². The van der Waals surface area contributed by atoms with Gasteiger partial charge in [0.2, 0.25) is 0 Å². The van der Waals surface area contributed by atoms with Crippen LogP contribution in [-0.2, 0) is 11.2 Å². The Bertz CT molecular complexity index is 546. The Hall–Kier alpha value is -1.11. The number of ketones is 1. The number of Topliss-reactive ketones (excluding diaryl/α,β-unsaturated/α-hetero) is 1. The highest BCUT2D eigenvalue weighted by molar-refractivity contribution is 5.87. The summed E-state index contributed by atoms with van der Waals surface area (Å²) in [6.07, 6.45) is 7.99. The predicted octanol–water partition coefficient (Wildman–Crippen LogP) is 4.50. The molecule has 1 aromatic rings. The Balaban J connectivity index is 1.73. The van der Waals surface area contributed by atoms with Crippen molar-refractivity contribution in [1.82, 2.24) is 0 Å². The number of carbonyl (C=O) groups excluding carboxylic acids is 1. The van der Waals surface area contributed by atoms with Crippen molar-refractivity contribution in [2.75, 3.05) is 0 Å². The standard InChI is InChI=1S/C19H24O/c1-2-19-12-11-15-14-6-4-3-5-13(14)7-8-16(15)17(19)9-10-18(19)20/h3-6,15-17H,2,7-12H2,1H3/t15-,16-,17+,19+/m1/s1. The second-order valence-corrected chi connectivity index (χ2v) is 7.12. The molecule has 0 spiro atoms. The first kappa shape index (κ1) is 12.6. The van der Waals surface area contributed by atoms with Gasteiger partial charge in [0.15, 0.2) is 0 Å². The minimum Gasteiger partial charge on any atom is -0.299 e. The van der Waals surface area contributed by atoms with Crippen LogP contribution in [0.25, 0.3) is 0 Å². The summed E-state index contributed by atoms with van der Waals surface area (Å²) < 4.78 is 0. The first-order valence-corrected chi connectivity index (χ1v) is 8.37. The minimum atomic E-state index is 0.0629. The van der Waals surface area contributed by atoms with Crippen LogP contribution in [-0.4, -0.2) is 5.78 Å². The van der Waals surface area contributed by atoms with E-state index in [0.717, 1.165) is 37.5 Å². The van der Waals surface area contributed by atoms with E-state index in [2.05, 4.69) is 31.2 Å². The number of fused-ring (bicyclic) bond motifs is 5. The van der Waals surface area contributed by atoms with Gasteiger partial charge in [-0.15, -0.1) is 0 Å². The van der Waals surface area contributed by atoms with Crippen molar-refractivity contribution in [1.29, 1.82) is 0 Å². The zero-order chi connectivity index (χ0) is 13.7. The van der Waals surface area contributed by atoms with Gasteiger partial charge in [-0.05, 0) is 67.4 Å². The van der Waals surface area contributed by atoms with Gasteiger partial charge < -0.3 is 0 Å². The molecular weight excluding hydrogens is 244 g/mol. The van der Waals surface area contributed by atoms with Gasteiger partial charge in [0.25, 0.3) is 0 Å². The van der Waals surface area contributed by atoms with E-state index in [4.69, 9.17) is 0 Å². The Morgan fingerprint density at radius 1 is 1.15 bits per heavy atom. The lowest BCUT2D eigenvalue weighted by Gasteiger charge is -2.49. The fourth-order valence-electron chi connectivity index (χ4n) is 5.75. The molecule has 1 heteroatoms. The minimum absolute atomic E-state index is 0.0629. The molecule has 0 amide bonds. The summed E-state index contributed by atoms with van der Waals surface area (Å²) in [6, 6.07) is 9.04. The number of benzene rings is 1. The highest BCUT2D eigenvalue weighted by Crippen LogP contribution is 2.60. The van der Waals surface area contributed by atoms with Crippen LogP contribution in [0, 0.1) is 17.3 Å². The molecule has 3 aliphatic rings. The van der Waals surface area contributed by atoms with Crippen molar-refractivity contribution in [3.8, 4) is 0 Å². The van der Waals surface area contributed by atoms with Crippen LogP contribution in [0.2, 0.25) is 0 Å². The smallest absolute Gasteiger partial charge is 0.139 e. The molecule has 1 aromatic carbocycles. The summed E-state index contributed by atoms with van der Waals surface area (Å²) in [6.45, 7) is 2.24. The van der Waals surface area contributed by atoms with Crippen molar-refractivity contribution in [2.45, 2.75) is 57.8 Å². The van der Waals surface area contributed by atoms with E-state index in [9.17, 15) is 4.79 Å². The summed E-state index contributed by atoms with van der Waals surface area (Å²) in [5, 5.41) is 0. The van der Waals surface area contributed by atoms with Gasteiger partial charge in [-0.25, -0.2) is 0 Å². The van der Waals surface area contributed by atoms with Crippen LogP contribution in [0.5, 0.6) is 0 Å². The average molecular weight is 268 g/mol. The Morgan fingerprint density at radius 2 is 2.00 bits per heavy atom. The van der Waals surface area contributed by atoms with Crippen LogP contribution < -0.4 is 0 Å². The molecule has 1 nitrogen and oxygen atoms in total. The van der Waals surface area contributed by atoms with Gasteiger partial charge >= 0.3 is 0 Å². The normalized spacial score (nSPS) is 39.0. The number of hydrogen-bond acceptors (Lipinski definition) is 1. The summed E-state index contributed by atoms with van der Waals surface area (Å²) in [4.78, 5) is 12.5. The molecule has 0 bridgehead atoms. The number of aryl methyl sites for hydroxylation is 1. The van der Waals surface area contributed by atoms with Gasteiger partial charge in [0.05, 0.1) is 0 Å². The first-order valence-electron chi connectivity index (χ1n) is 8.37. The molecule has 0 unspecified atom stereocenters. The van der Waals surface area contributed by atoms with Crippen molar-refractivity contribution in [2.24, 2.45) is 17.3 Å². The van der Waals surface area contributed by atoms with Crippen molar-refractivity contribution >= 4 is 5.78 Å². The highest BCUT2D eigenvalue weighted by atomic mass is 16.1. The number of carbonyl (C=O) groups is 1. The molecule has 4 rings (SSSR count). The molecule has 4 atom stereocenters. The van der Waals surface area contributed by atoms with Crippen molar-refractivity contribution in [3.05, 3.63) is 35.4 Å². The van der Waals surface area contributed by atoms with E-state index in [-0.39, 0.29) is 5.41 Å². The van der Waals surface area contributed by atoms with Gasteiger partial charge in [0.1, 0.15) is 5.78 Å². The fourth-order valence-corrected chi connectivity index (χ4v) is 5.75. The summed E-state index contributed by atoms with van der Waals surface area (Å²) in [5.41, 5.74) is 3.24. The van der Waals surface area contributed by atoms with Gasteiger partial charge in [-0.1, -0.05) is 31.2 Å². The molecule has 2 saturated carbocycles. The molecule has 0 N–H and O–H groups in total.